The molecule has 0 amide bonds. The van der Waals surface area contributed by atoms with E-state index in [1.165, 1.54) is 0 Å². The molecule has 0 aliphatic carbocycles. The van der Waals surface area contributed by atoms with Gasteiger partial charge in [-0.25, -0.2) is 0 Å². The molecule has 0 heterocycles. The number of rotatable bonds is 5. The van der Waals surface area contributed by atoms with Gasteiger partial charge in [0.25, 0.3) is 0 Å². The van der Waals surface area contributed by atoms with Gasteiger partial charge in [-0.05, 0) is 60.9 Å². The lowest BCUT2D eigenvalue weighted by atomic mass is 10.1. The van der Waals surface area contributed by atoms with E-state index in [4.69, 9.17) is 27.4 Å². The van der Waals surface area contributed by atoms with Crippen LogP contribution in [0.15, 0.2) is 36.4 Å². The highest BCUT2D eigenvalue weighted by Gasteiger charge is 1.97. The Morgan fingerprint density at radius 1 is 0.913 bits per heavy atom. The molecule has 2 aromatic carbocycles. The van der Waals surface area contributed by atoms with E-state index in [0.717, 1.165) is 22.5 Å². The first-order valence-corrected chi connectivity index (χ1v) is 7.43. The number of hydrogen-bond donors (Lipinski definition) is 6. The second-order valence-corrected chi connectivity index (χ2v) is 5.16. The minimum absolute atomic E-state index is 0.105. The van der Waals surface area contributed by atoms with Crippen molar-refractivity contribution in [2.24, 2.45) is 0 Å². The van der Waals surface area contributed by atoms with Crippen LogP contribution in [0, 0.1) is 6.92 Å². The molecule has 0 aliphatic heterocycles. The molecule has 0 aromatic heterocycles. The van der Waals surface area contributed by atoms with Crippen LogP contribution in [0.5, 0.6) is 0 Å². The Hall–Kier alpha value is -2.44. The lowest BCUT2D eigenvalue weighted by Crippen LogP contribution is -2.06. The molecule has 0 fully saturated rings. The summed E-state index contributed by atoms with van der Waals surface area (Å²) in [6, 6.07) is 10.9. The van der Waals surface area contributed by atoms with Crippen molar-refractivity contribution in [2.45, 2.75) is 13.3 Å². The molecule has 2 aromatic rings. The largest absolute Gasteiger partial charge is 0.399 e. The smallest absolute Gasteiger partial charge is 0.0604 e. The number of nitrogens with two attached hydrogens (primary N) is 3. The highest BCUT2D eigenvalue weighted by Crippen LogP contribution is 2.17. The summed E-state index contributed by atoms with van der Waals surface area (Å²) in [6.07, 6.45) is 0.566. The van der Waals surface area contributed by atoms with Crippen LogP contribution in [0.3, 0.4) is 0 Å². The first kappa shape index (κ1) is 18.6. The second kappa shape index (κ2) is 9.55. The van der Waals surface area contributed by atoms with Crippen LogP contribution in [0.1, 0.15) is 11.1 Å². The first-order valence-electron chi connectivity index (χ1n) is 7.43. The molecule has 126 valence electrons. The van der Waals surface area contributed by atoms with E-state index in [9.17, 15) is 0 Å². The van der Waals surface area contributed by atoms with Crippen LogP contribution in [0.4, 0.5) is 22.7 Å². The quantitative estimate of drug-likeness (QED) is 0.462. The maximum atomic E-state index is 8.64. The number of aryl methyl sites for hydroxylation is 1. The van der Waals surface area contributed by atoms with Crippen molar-refractivity contribution in [1.82, 2.24) is 0 Å². The Kier molecular flexibility index (Phi) is 7.73. The maximum absolute atomic E-state index is 8.64. The van der Waals surface area contributed by atoms with Gasteiger partial charge in [0.1, 0.15) is 0 Å². The zero-order chi connectivity index (χ0) is 17.2. The number of nitrogens with one attached hydrogen (secondary N) is 1. The van der Waals surface area contributed by atoms with Gasteiger partial charge < -0.3 is 32.7 Å². The molecule has 0 spiro atoms. The van der Waals surface area contributed by atoms with Gasteiger partial charge in [0.05, 0.1) is 6.61 Å². The summed E-state index contributed by atoms with van der Waals surface area (Å²) in [5.74, 6) is 0. The average molecular weight is 318 g/mol. The third kappa shape index (κ3) is 6.46. The average Bonchev–Trinajstić information content (AvgIpc) is 2.51. The Morgan fingerprint density at radius 2 is 1.57 bits per heavy atom. The normalized spacial score (nSPS) is 9.87. The molecule has 6 nitrogen and oxygen atoms in total. The zero-order valence-corrected chi connectivity index (χ0v) is 13.4. The molecular weight excluding hydrogens is 292 g/mol. The molecule has 0 saturated heterocycles. The van der Waals surface area contributed by atoms with Gasteiger partial charge in [-0.2, -0.15) is 0 Å². The monoisotopic (exact) mass is 318 g/mol. The number of benzene rings is 2. The SMILES string of the molecule is Cc1cc(N)ccc1NCCO.Nc1ccc(N)c(CCO)c1. The summed E-state index contributed by atoms with van der Waals surface area (Å²) in [7, 11) is 0. The molecule has 6 heteroatoms. The van der Waals surface area contributed by atoms with E-state index in [2.05, 4.69) is 5.32 Å². The van der Waals surface area contributed by atoms with E-state index in [1.807, 2.05) is 25.1 Å². The molecule has 0 bridgehead atoms. The fourth-order valence-electron chi connectivity index (χ4n) is 2.04. The van der Waals surface area contributed by atoms with Crippen LogP contribution in [0.2, 0.25) is 0 Å². The van der Waals surface area contributed by atoms with Crippen LogP contribution in [-0.4, -0.2) is 30.0 Å². The van der Waals surface area contributed by atoms with Gasteiger partial charge in [0, 0.05) is 35.9 Å². The maximum Gasteiger partial charge on any atom is 0.0604 e. The summed E-state index contributed by atoms with van der Waals surface area (Å²) in [4.78, 5) is 0. The first-order chi connectivity index (χ1) is 11.0. The predicted molar refractivity (Wildman–Crippen MR) is 97.2 cm³/mol. The van der Waals surface area contributed by atoms with E-state index in [0.29, 0.717) is 24.3 Å². The van der Waals surface area contributed by atoms with Gasteiger partial charge in [0.2, 0.25) is 0 Å². The van der Waals surface area contributed by atoms with Gasteiger partial charge in [0.15, 0.2) is 0 Å². The number of anilines is 4. The van der Waals surface area contributed by atoms with Crippen LogP contribution in [-0.2, 0) is 6.42 Å². The van der Waals surface area contributed by atoms with Crippen molar-refractivity contribution in [2.75, 3.05) is 42.3 Å². The summed E-state index contributed by atoms with van der Waals surface area (Å²) in [5, 5.41) is 20.3. The summed E-state index contributed by atoms with van der Waals surface area (Å²) >= 11 is 0. The highest BCUT2D eigenvalue weighted by molar-refractivity contribution is 5.57. The van der Waals surface area contributed by atoms with Crippen molar-refractivity contribution in [1.29, 1.82) is 0 Å². The minimum Gasteiger partial charge on any atom is -0.399 e. The molecule has 0 unspecified atom stereocenters. The standard InChI is InChI=1S/C9H14N2O.C8H12N2O/c1-7-6-8(10)2-3-9(7)11-4-5-12;9-7-1-2-8(10)6(5-7)3-4-11/h2-3,6,11-12H,4-5,10H2,1H3;1-2,5,11H,3-4,9-10H2. The van der Waals surface area contributed by atoms with E-state index < -0.39 is 0 Å². The summed E-state index contributed by atoms with van der Waals surface area (Å²) < 4.78 is 0. The second-order valence-electron chi connectivity index (χ2n) is 5.16. The van der Waals surface area contributed by atoms with Gasteiger partial charge in [-0.3, -0.25) is 0 Å². The van der Waals surface area contributed by atoms with Crippen LogP contribution >= 0.6 is 0 Å². The number of aliphatic hydroxyl groups excluding tert-OH is 2. The highest BCUT2D eigenvalue weighted by atomic mass is 16.3. The number of aliphatic hydroxyl groups is 2. The van der Waals surface area contributed by atoms with Crippen molar-refractivity contribution in [3.63, 3.8) is 0 Å². The predicted octanol–water partition coefficient (Wildman–Crippen LogP) is 1.37. The molecule has 2 rings (SSSR count). The minimum atomic E-state index is 0.105. The zero-order valence-electron chi connectivity index (χ0n) is 13.4. The number of hydrogen-bond acceptors (Lipinski definition) is 6. The van der Waals surface area contributed by atoms with Crippen molar-refractivity contribution < 1.29 is 10.2 Å². The molecule has 0 saturated carbocycles. The number of nitrogen functional groups attached to an aromatic ring is 3. The molecule has 0 atom stereocenters. The van der Waals surface area contributed by atoms with E-state index in [1.54, 1.807) is 18.2 Å². The fourth-order valence-corrected chi connectivity index (χ4v) is 2.04. The fraction of sp³-hybridized carbons (Fsp3) is 0.294. The molecule has 23 heavy (non-hydrogen) atoms. The van der Waals surface area contributed by atoms with E-state index >= 15 is 0 Å². The Labute approximate surface area is 136 Å². The van der Waals surface area contributed by atoms with Gasteiger partial charge in [-0.15, -0.1) is 0 Å². The van der Waals surface area contributed by atoms with Gasteiger partial charge >= 0.3 is 0 Å². The third-order valence-electron chi connectivity index (χ3n) is 3.23. The molecule has 9 N–H and O–H groups in total. The molecule has 0 radical (unpaired) electrons. The molecule has 0 aliphatic rings. The van der Waals surface area contributed by atoms with Crippen LogP contribution < -0.4 is 22.5 Å². The lowest BCUT2D eigenvalue weighted by Gasteiger charge is -2.08. The van der Waals surface area contributed by atoms with Crippen molar-refractivity contribution in [3.05, 3.63) is 47.5 Å². The Bertz CT molecular complexity index is 618. The van der Waals surface area contributed by atoms with Gasteiger partial charge in [-0.1, -0.05) is 0 Å². The Morgan fingerprint density at radius 3 is 2.17 bits per heavy atom. The van der Waals surface area contributed by atoms with Crippen molar-refractivity contribution in [3.8, 4) is 0 Å². The topological polar surface area (TPSA) is 131 Å². The lowest BCUT2D eigenvalue weighted by molar-refractivity contribution is 0.300. The molecular formula is C17H26N4O2. The summed E-state index contributed by atoms with van der Waals surface area (Å²) in [5.41, 5.74) is 21.9. The Balaban J connectivity index is 0.000000231. The van der Waals surface area contributed by atoms with Crippen molar-refractivity contribution >= 4 is 22.7 Å². The summed E-state index contributed by atoms with van der Waals surface area (Å²) in [6.45, 7) is 2.80. The third-order valence-corrected chi connectivity index (χ3v) is 3.23. The van der Waals surface area contributed by atoms with Crippen LogP contribution in [0.25, 0.3) is 0 Å². The van der Waals surface area contributed by atoms with E-state index in [-0.39, 0.29) is 13.2 Å².